The molecule has 0 radical (unpaired) electrons. The van der Waals surface area contributed by atoms with Gasteiger partial charge < -0.3 is 0 Å². The molecule has 0 saturated heterocycles. The van der Waals surface area contributed by atoms with Crippen molar-refractivity contribution in [1.29, 1.82) is 0 Å². The molecule has 0 saturated carbocycles. The molecule has 7 heteroatoms. The van der Waals surface area contributed by atoms with Crippen LogP contribution in [0.4, 0.5) is 0 Å². The molecule has 1 nitrogen and oxygen atoms in total. The molecule has 172 valence electrons. The van der Waals surface area contributed by atoms with Crippen molar-refractivity contribution in [1.82, 2.24) is 0 Å². The summed E-state index contributed by atoms with van der Waals surface area (Å²) in [6.45, 7) is 0. The number of hydrogen-bond donors (Lipinski definition) is 0. The Morgan fingerprint density at radius 1 is 0.588 bits per heavy atom. The van der Waals surface area contributed by atoms with E-state index in [1.807, 2.05) is 22.7 Å². The van der Waals surface area contributed by atoms with Crippen molar-refractivity contribution < 1.29 is 4.79 Å². The fourth-order valence-electron chi connectivity index (χ4n) is 4.71. The van der Waals surface area contributed by atoms with Crippen LogP contribution in [0.2, 0.25) is 29.6 Å². The fraction of sp³-hybridized carbons (Fsp3) is 0.222. The van der Waals surface area contributed by atoms with Gasteiger partial charge in [-0.1, -0.05) is 0 Å². The van der Waals surface area contributed by atoms with Gasteiger partial charge in [0.25, 0.3) is 0 Å². The topological polar surface area (TPSA) is 17.1 Å². The Kier molecular flexibility index (Phi) is 5.82. The zero-order valence-corrected chi connectivity index (χ0v) is 29.1. The summed E-state index contributed by atoms with van der Waals surface area (Å²) in [5.41, 5.74) is 1.88. The van der Waals surface area contributed by atoms with E-state index in [1.165, 1.54) is 36.4 Å². The molecular formula is C27H26OS4Sn2. The van der Waals surface area contributed by atoms with Crippen molar-refractivity contribution in [2.75, 3.05) is 0 Å². The average molecular weight is 732 g/mol. The van der Waals surface area contributed by atoms with Crippen LogP contribution >= 0.6 is 45.3 Å². The van der Waals surface area contributed by atoms with Crippen molar-refractivity contribution in [3.05, 3.63) is 67.3 Å². The second-order valence-corrected chi connectivity index (χ2v) is 45.8. The molecular weight excluding hydrogens is 706 g/mol. The second kappa shape index (κ2) is 8.28. The second-order valence-electron chi connectivity index (χ2n) is 11.0. The summed E-state index contributed by atoms with van der Waals surface area (Å²) in [5, 5.41) is 9.32. The van der Waals surface area contributed by atoms with E-state index in [2.05, 4.69) is 76.8 Å². The Bertz CT molecular complexity index is 1620. The maximum absolute atomic E-state index is 14.4. The molecule has 0 spiro atoms. The number of hydrogen-bond acceptors (Lipinski definition) is 5. The van der Waals surface area contributed by atoms with Crippen LogP contribution in [-0.2, 0) is 4.79 Å². The maximum atomic E-state index is 14.4. The molecule has 1 aliphatic rings. The van der Waals surface area contributed by atoms with E-state index in [4.69, 9.17) is 0 Å². The summed E-state index contributed by atoms with van der Waals surface area (Å²) in [6, 6.07) is 13.5. The number of fused-ring (bicyclic) bond motifs is 6. The van der Waals surface area contributed by atoms with Gasteiger partial charge in [0, 0.05) is 0 Å². The summed E-state index contributed by atoms with van der Waals surface area (Å²) < 4.78 is 5.58. The van der Waals surface area contributed by atoms with Crippen molar-refractivity contribution >= 4 is 125 Å². The molecule has 0 N–H and O–H groups in total. The molecule has 0 amide bonds. The number of benzene rings is 1. The van der Waals surface area contributed by atoms with Crippen LogP contribution in [-0.4, -0.2) is 42.5 Å². The predicted molar refractivity (Wildman–Crippen MR) is 161 cm³/mol. The van der Waals surface area contributed by atoms with Gasteiger partial charge in [0.2, 0.25) is 0 Å². The number of thiophene rings is 4. The zero-order chi connectivity index (χ0) is 24.0. The first-order valence-corrected chi connectivity index (χ1v) is 34.8. The summed E-state index contributed by atoms with van der Waals surface area (Å²) >= 11 is 2.86. The first-order valence-electron chi connectivity index (χ1n) is 11.5. The molecule has 4 heterocycles. The van der Waals surface area contributed by atoms with Crippen molar-refractivity contribution in [3.63, 3.8) is 0 Å². The minimum absolute atomic E-state index is 0.223. The van der Waals surface area contributed by atoms with Gasteiger partial charge >= 0.3 is 227 Å². The van der Waals surface area contributed by atoms with E-state index in [0.717, 1.165) is 20.9 Å². The molecule has 0 bridgehead atoms. The third-order valence-electron chi connectivity index (χ3n) is 6.46. The van der Waals surface area contributed by atoms with Crippen molar-refractivity contribution in [3.8, 4) is 0 Å². The van der Waals surface area contributed by atoms with Crippen molar-refractivity contribution in [2.45, 2.75) is 29.6 Å². The number of carbonyl (C=O) groups is 1. The van der Waals surface area contributed by atoms with E-state index in [1.54, 1.807) is 22.7 Å². The molecule has 1 aromatic carbocycles. The molecule has 1 aliphatic carbocycles. The van der Waals surface area contributed by atoms with Gasteiger partial charge in [-0.25, -0.2) is 0 Å². The van der Waals surface area contributed by atoms with Gasteiger partial charge in [-0.05, 0) is 0 Å². The standard InChI is InChI=1S/C21H8OS4.6CH3.2Sn/c22-19-15(13-3-1-7-23-13)17-18(16(19)14-4-2-8-24-14)21-12(6-10-26-21)11-5-9-25-20(11)17;;;;;;;;/h1-6,9-10H;6*1H3;;. The number of ketones is 1. The van der Waals surface area contributed by atoms with Gasteiger partial charge in [0.15, 0.2) is 0 Å². The predicted octanol–water partition coefficient (Wildman–Crippen LogP) is 6.31. The number of rotatable bonds is 4. The van der Waals surface area contributed by atoms with Gasteiger partial charge in [-0.2, -0.15) is 0 Å². The molecule has 5 aromatic rings. The SMILES string of the molecule is [CH3][Sn]([CH3])([CH3])[c]1ccc(C2=c3c(c4sccc4c4ccsc34)=C(c3cc[c]([Sn]([CH3])([CH3])[CH3])s3)C2=O)s1. The molecule has 0 aliphatic heterocycles. The normalized spacial score (nSPS) is 14.7. The van der Waals surface area contributed by atoms with Crippen molar-refractivity contribution in [2.24, 2.45) is 0 Å². The number of carbonyl (C=O) groups excluding carboxylic acids is 1. The van der Waals surface area contributed by atoms with E-state index in [-0.39, 0.29) is 5.78 Å². The first kappa shape index (κ1) is 23.9. The molecule has 0 fully saturated rings. The van der Waals surface area contributed by atoms with Crippen LogP contribution in [0, 0.1) is 0 Å². The Balaban J connectivity index is 1.78. The van der Waals surface area contributed by atoms with Crippen LogP contribution < -0.4 is 16.2 Å². The van der Waals surface area contributed by atoms with E-state index < -0.39 is 36.8 Å². The van der Waals surface area contributed by atoms with Gasteiger partial charge in [0.1, 0.15) is 0 Å². The summed E-state index contributed by atoms with van der Waals surface area (Å²) in [6.07, 6.45) is 0. The molecule has 6 rings (SSSR count). The van der Waals surface area contributed by atoms with Crippen LogP contribution in [0.25, 0.3) is 31.3 Å². The fourth-order valence-corrected chi connectivity index (χ4v) is 19.3. The Hall–Kier alpha value is -0.453. The van der Waals surface area contributed by atoms with Gasteiger partial charge in [0.05, 0.1) is 0 Å². The third kappa shape index (κ3) is 3.67. The summed E-state index contributed by atoms with van der Waals surface area (Å²) in [7, 11) is 0. The molecule has 4 aromatic heterocycles. The molecule has 0 unspecified atom stereocenters. The van der Waals surface area contributed by atoms with Gasteiger partial charge in [-0.3, -0.25) is 0 Å². The van der Waals surface area contributed by atoms with Crippen LogP contribution in [0.1, 0.15) is 9.75 Å². The zero-order valence-electron chi connectivity index (χ0n) is 20.2. The van der Waals surface area contributed by atoms with Crippen LogP contribution in [0.15, 0.2) is 47.2 Å². The third-order valence-corrected chi connectivity index (χ3v) is 29.5. The first-order chi connectivity index (χ1) is 16.1. The van der Waals surface area contributed by atoms with Crippen LogP contribution in [0.5, 0.6) is 0 Å². The van der Waals surface area contributed by atoms with Gasteiger partial charge in [-0.15, -0.1) is 0 Å². The molecule has 34 heavy (non-hydrogen) atoms. The molecule has 0 atom stereocenters. The monoisotopic (exact) mass is 734 g/mol. The Morgan fingerprint density at radius 2 is 1.00 bits per heavy atom. The van der Waals surface area contributed by atoms with E-state index >= 15 is 0 Å². The minimum atomic E-state index is -2.22. The Labute approximate surface area is 224 Å². The summed E-state index contributed by atoms with van der Waals surface area (Å²) in [4.78, 5) is 31.4. The van der Waals surface area contributed by atoms with E-state index in [9.17, 15) is 4.79 Å². The quantitative estimate of drug-likeness (QED) is 0.198. The van der Waals surface area contributed by atoms with E-state index in [0.29, 0.717) is 0 Å². The number of Topliss-reactive ketones (excluding diaryl/α,β-unsaturated/α-hetero) is 1. The van der Waals surface area contributed by atoms with Crippen LogP contribution in [0.3, 0.4) is 0 Å². The summed E-state index contributed by atoms with van der Waals surface area (Å²) in [5.74, 6) is 0.223. The average Bonchev–Trinajstić information content (AvgIpc) is 3.53. The Morgan fingerprint density at radius 3 is 1.35 bits per heavy atom.